The molecule has 0 bridgehead atoms. The van der Waals surface area contributed by atoms with E-state index in [2.05, 4.69) is 6.58 Å². The van der Waals surface area contributed by atoms with Crippen molar-refractivity contribution in [3.8, 4) is 5.75 Å². The van der Waals surface area contributed by atoms with Gasteiger partial charge in [-0.2, -0.15) is 0 Å². The lowest BCUT2D eigenvalue weighted by Gasteiger charge is -2.44. The molecule has 1 N–H and O–H groups in total. The Bertz CT molecular complexity index is 1030. The fourth-order valence-electron chi connectivity index (χ4n) is 3.95. The molecule has 152 valence electrons. The predicted octanol–water partition coefficient (Wildman–Crippen LogP) is 3.49. The van der Waals surface area contributed by atoms with Crippen LogP contribution in [0.15, 0.2) is 55.3 Å². The lowest BCUT2D eigenvalue weighted by Crippen LogP contribution is -2.49. The summed E-state index contributed by atoms with van der Waals surface area (Å²) in [5.74, 6) is 0.597. The van der Waals surface area contributed by atoms with Crippen LogP contribution in [0.4, 0.5) is 0 Å². The normalized spacial score (nSPS) is 23.6. The number of pyridine rings is 1. The fraction of sp³-hybridized carbons (Fsp3) is 0.348. The zero-order valence-corrected chi connectivity index (χ0v) is 17.0. The van der Waals surface area contributed by atoms with Gasteiger partial charge in [0.2, 0.25) is 0 Å². The average molecular weight is 394 g/mol. The van der Waals surface area contributed by atoms with Crippen LogP contribution in [0, 0.1) is 13.8 Å². The van der Waals surface area contributed by atoms with Gasteiger partial charge in [-0.25, -0.2) is 4.98 Å². The molecule has 0 fully saturated rings. The van der Waals surface area contributed by atoms with Crippen LogP contribution in [0.5, 0.6) is 5.75 Å². The van der Waals surface area contributed by atoms with Gasteiger partial charge >= 0.3 is 0 Å². The summed E-state index contributed by atoms with van der Waals surface area (Å²) in [5, 5.41) is 11.4. The van der Waals surface area contributed by atoms with Crippen molar-refractivity contribution in [1.29, 1.82) is 0 Å². The molecular weight excluding hydrogens is 368 g/mol. The molecule has 3 aromatic rings. The Morgan fingerprint density at radius 1 is 1.24 bits per heavy atom. The third-order valence-corrected chi connectivity index (χ3v) is 5.68. The highest BCUT2D eigenvalue weighted by molar-refractivity contribution is 5.64. The maximum Gasteiger partial charge on any atom is 0.180 e. The van der Waals surface area contributed by atoms with Gasteiger partial charge in [-0.3, -0.25) is 0 Å². The number of aliphatic hydroxyl groups is 1. The van der Waals surface area contributed by atoms with Gasteiger partial charge < -0.3 is 23.7 Å². The van der Waals surface area contributed by atoms with E-state index in [0.29, 0.717) is 30.2 Å². The number of aryl methyl sites for hydroxylation is 2. The molecule has 3 heterocycles. The third-order valence-electron chi connectivity index (χ3n) is 5.68. The van der Waals surface area contributed by atoms with E-state index in [1.807, 2.05) is 60.8 Å². The van der Waals surface area contributed by atoms with Crippen molar-refractivity contribution in [2.24, 2.45) is 0 Å². The molecule has 0 saturated carbocycles. The highest BCUT2D eigenvalue weighted by Gasteiger charge is 2.50. The van der Waals surface area contributed by atoms with Crippen molar-refractivity contribution in [2.75, 3.05) is 20.3 Å². The zero-order chi connectivity index (χ0) is 20.6. The van der Waals surface area contributed by atoms with Crippen LogP contribution in [0.1, 0.15) is 28.6 Å². The van der Waals surface area contributed by atoms with Crippen LogP contribution in [0.3, 0.4) is 0 Å². The van der Waals surface area contributed by atoms with Crippen LogP contribution in [-0.4, -0.2) is 40.9 Å². The fourth-order valence-corrected chi connectivity index (χ4v) is 3.95. The highest BCUT2D eigenvalue weighted by atomic mass is 16.6. The van der Waals surface area contributed by atoms with E-state index >= 15 is 0 Å². The Kier molecular flexibility index (Phi) is 5.17. The highest BCUT2D eigenvalue weighted by Crippen LogP contribution is 2.49. The summed E-state index contributed by atoms with van der Waals surface area (Å²) in [6, 6.07) is 11.6. The molecule has 2 unspecified atom stereocenters. The van der Waals surface area contributed by atoms with Crippen LogP contribution in [-0.2, 0) is 15.1 Å². The standard InChI is InChI=1S/C23H26N2O4/c1-5-23(28-14-13-27-4)18-11-12-25-16(3)15(2)24-22(25)20(18)29-19(21(23)26)17-9-7-6-8-10-17/h5-12,19,21,26H,1,13-14H2,2-4H3/t19-,21?,23?/m1/s1. The van der Waals surface area contributed by atoms with E-state index in [9.17, 15) is 5.11 Å². The van der Waals surface area contributed by atoms with Gasteiger partial charge in [0, 0.05) is 24.6 Å². The van der Waals surface area contributed by atoms with Crippen LogP contribution >= 0.6 is 0 Å². The van der Waals surface area contributed by atoms with E-state index < -0.39 is 17.8 Å². The van der Waals surface area contributed by atoms with E-state index in [4.69, 9.17) is 19.2 Å². The minimum atomic E-state index is -1.15. The summed E-state index contributed by atoms with van der Waals surface area (Å²) in [7, 11) is 1.62. The van der Waals surface area contributed by atoms with Crippen LogP contribution in [0.2, 0.25) is 0 Å². The van der Waals surface area contributed by atoms with Crippen LogP contribution < -0.4 is 4.74 Å². The van der Waals surface area contributed by atoms with Crippen molar-refractivity contribution < 1.29 is 19.3 Å². The summed E-state index contributed by atoms with van der Waals surface area (Å²) < 4.78 is 19.8. The largest absolute Gasteiger partial charge is 0.479 e. The first-order valence-electron chi connectivity index (χ1n) is 9.68. The lowest BCUT2D eigenvalue weighted by atomic mass is 9.80. The average Bonchev–Trinajstić information content (AvgIpc) is 3.04. The summed E-state index contributed by atoms with van der Waals surface area (Å²) in [4.78, 5) is 4.72. The number of rotatable bonds is 6. The zero-order valence-electron chi connectivity index (χ0n) is 17.0. The van der Waals surface area contributed by atoms with Gasteiger partial charge in [0.15, 0.2) is 17.5 Å². The molecule has 0 spiro atoms. The van der Waals surface area contributed by atoms with Crippen molar-refractivity contribution in [3.05, 3.63) is 77.8 Å². The molecule has 2 aromatic heterocycles. The Hall–Kier alpha value is -2.67. The van der Waals surface area contributed by atoms with Gasteiger partial charge in [-0.05, 0) is 25.5 Å². The van der Waals surface area contributed by atoms with Gasteiger partial charge in [-0.1, -0.05) is 43.0 Å². The number of aliphatic hydroxyl groups excluding tert-OH is 1. The molecule has 29 heavy (non-hydrogen) atoms. The molecule has 3 atom stereocenters. The summed E-state index contributed by atoms with van der Waals surface area (Å²) in [6.45, 7) is 8.70. The number of methoxy groups -OCH3 is 1. The molecule has 1 aliphatic rings. The smallest absolute Gasteiger partial charge is 0.180 e. The number of fused-ring (bicyclic) bond motifs is 3. The van der Waals surface area contributed by atoms with Gasteiger partial charge in [0.1, 0.15) is 11.7 Å². The lowest BCUT2D eigenvalue weighted by molar-refractivity contribution is -0.154. The molecule has 4 rings (SSSR count). The first-order chi connectivity index (χ1) is 14.0. The number of imidazole rings is 1. The third kappa shape index (κ3) is 3.04. The van der Waals surface area contributed by atoms with Gasteiger partial charge in [0.05, 0.1) is 18.9 Å². The first-order valence-corrected chi connectivity index (χ1v) is 9.68. The van der Waals surface area contributed by atoms with Crippen LogP contribution in [0.25, 0.3) is 5.65 Å². The quantitative estimate of drug-likeness (QED) is 0.512. The second-order valence-corrected chi connectivity index (χ2v) is 7.27. The second kappa shape index (κ2) is 7.63. The van der Waals surface area contributed by atoms with Gasteiger partial charge in [-0.15, -0.1) is 0 Å². The molecule has 6 nitrogen and oxygen atoms in total. The Balaban J connectivity index is 1.94. The minimum absolute atomic E-state index is 0.304. The molecular formula is C23H26N2O4. The predicted molar refractivity (Wildman–Crippen MR) is 110 cm³/mol. The monoisotopic (exact) mass is 394 g/mol. The summed E-state index contributed by atoms with van der Waals surface area (Å²) in [5.41, 5.74) is 3.08. The van der Waals surface area contributed by atoms with E-state index in [1.54, 1.807) is 13.2 Å². The first kappa shape index (κ1) is 19.6. The van der Waals surface area contributed by atoms with E-state index in [1.165, 1.54) is 0 Å². The van der Waals surface area contributed by atoms with Gasteiger partial charge in [0.25, 0.3) is 0 Å². The molecule has 0 saturated heterocycles. The van der Waals surface area contributed by atoms with E-state index in [-0.39, 0.29) is 0 Å². The van der Waals surface area contributed by atoms with Crippen molar-refractivity contribution in [2.45, 2.75) is 31.7 Å². The van der Waals surface area contributed by atoms with Crippen molar-refractivity contribution in [3.63, 3.8) is 0 Å². The number of ether oxygens (including phenoxy) is 3. The van der Waals surface area contributed by atoms with Crippen molar-refractivity contribution in [1.82, 2.24) is 9.38 Å². The summed E-state index contributed by atoms with van der Waals surface area (Å²) >= 11 is 0. The SMILES string of the molecule is C=CC1(OCCOC)c2ccn3c(C)c(C)nc3c2O[C@H](c2ccccc2)C1O. The topological polar surface area (TPSA) is 65.2 Å². The number of hydrogen-bond donors (Lipinski definition) is 1. The summed E-state index contributed by atoms with van der Waals surface area (Å²) in [6.07, 6.45) is 1.96. The molecule has 0 amide bonds. The number of nitrogens with zero attached hydrogens (tertiary/aromatic N) is 2. The number of hydrogen-bond acceptors (Lipinski definition) is 5. The second-order valence-electron chi connectivity index (χ2n) is 7.27. The minimum Gasteiger partial charge on any atom is -0.479 e. The molecule has 1 aliphatic heterocycles. The maximum atomic E-state index is 11.4. The number of benzene rings is 1. The molecule has 1 aromatic carbocycles. The Morgan fingerprint density at radius 2 is 2.00 bits per heavy atom. The van der Waals surface area contributed by atoms with Crippen molar-refractivity contribution >= 4 is 5.65 Å². The van der Waals surface area contributed by atoms with E-state index in [0.717, 1.165) is 17.0 Å². The molecule has 0 aliphatic carbocycles. The molecule has 0 radical (unpaired) electrons. The Morgan fingerprint density at radius 3 is 2.69 bits per heavy atom. The molecule has 6 heteroatoms. The number of aromatic nitrogens is 2. The Labute approximate surface area is 170 Å². The maximum absolute atomic E-state index is 11.4.